The van der Waals surface area contributed by atoms with Crippen molar-refractivity contribution in [3.8, 4) is 11.5 Å². The molecule has 2 aromatic rings. The van der Waals surface area contributed by atoms with Gasteiger partial charge in [0.15, 0.2) is 0 Å². The molecule has 3 N–H and O–H groups in total. The number of rotatable bonds is 3. The van der Waals surface area contributed by atoms with Gasteiger partial charge in [-0.1, -0.05) is 30.3 Å². The Morgan fingerprint density at radius 2 is 1.85 bits per heavy atom. The van der Waals surface area contributed by atoms with Gasteiger partial charge in [0.25, 0.3) is 5.91 Å². The van der Waals surface area contributed by atoms with E-state index in [1.54, 1.807) is 0 Å². The van der Waals surface area contributed by atoms with Crippen LogP contribution in [-0.4, -0.2) is 22.2 Å². The van der Waals surface area contributed by atoms with Gasteiger partial charge in [-0.15, -0.1) is 0 Å². The second kappa shape index (κ2) is 4.89. The van der Waals surface area contributed by atoms with E-state index >= 15 is 0 Å². The molecule has 20 heavy (non-hydrogen) atoms. The monoisotopic (exact) mass is 269 g/mol. The van der Waals surface area contributed by atoms with Crippen LogP contribution in [0.3, 0.4) is 0 Å². The Morgan fingerprint density at radius 1 is 1.10 bits per heavy atom. The number of amides is 1. The van der Waals surface area contributed by atoms with Crippen LogP contribution in [0, 0.1) is 0 Å². The molecule has 0 spiro atoms. The molecule has 0 radical (unpaired) electrons. The minimum atomic E-state index is -0.359. The van der Waals surface area contributed by atoms with Crippen LogP contribution in [0.25, 0.3) is 0 Å². The summed E-state index contributed by atoms with van der Waals surface area (Å²) >= 11 is 0. The fourth-order valence-electron chi connectivity index (χ4n) is 2.38. The quantitative estimate of drug-likeness (QED) is 0.749. The molecule has 1 fully saturated rings. The number of hydrogen-bond donors (Lipinski definition) is 3. The summed E-state index contributed by atoms with van der Waals surface area (Å²) < 4.78 is 0. The summed E-state index contributed by atoms with van der Waals surface area (Å²) in [6, 6.07) is 14.0. The number of phenols is 2. The van der Waals surface area contributed by atoms with Gasteiger partial charge in [0, 0.05) is 12.0 Å². The molecule has 0 bridgehead atoms. The summed E-state index contributed by atoms with van der Waals surface area (Å²) in [6.07, 6.45) is 0.898. The maximum Gasteiger partial charge on any atom is 0.255 e. The molecule has 2 aromatic carbocycles. The van der Waals surface area contributed by atoms with Gasteiger partial charge < -0.3 is 15.5 Å². The van der Waals surface area contributed by atoms with E-state index < -0.39 is 0 Å². The van der Waals surface area contributed by atoms with Crippen molar-refractivity contribution in [3.63, 3.8) is 0 Å². The lowest BCUT2D eigenvalue weighted by atomic mass is 10.1. The predicted molar refractivity (Wildman–Crippen MR) is 74.8 cm³/mol. The maximum absolute atomic E-state index is 12.1. The summed E-state index contributed by atoms with van der Waals surface area (Å²) in [5, 5.41) is 21.9. The zero-order valence-corrected chi connectivity index (χ0v) is 10.8. The molecule has 0 heterocycles. The Bertz CT molecular complexity index is 639. The molecule has 2 atom stereocenters. The van der Waals surface area contributed by atoms with Gasteiger partial charge in [0.1, 0.15) is 11.5 Å². The summed E-state index contributed by atoms with van der Waals surface area (Å²) in [4.78, 5) is 12.1. The van der Waals surface area contributed by atoms with Crippen LogP contribution in [0.15, 0.2) is 48.5 Å². The SMILES string of the molecule is O=C(NC1CC1c1ccccc1)c1cc(O)ccc1O. The van der Waals surface area contributed by atoms with Crippen LogP contribution < -0.4 is 5.32 Å². The maximum atomic E-state index is 12.1. The van der Waals surface area contributed by atoms with Gasteiger partial charge in [-0.25, -0.2) is 0 Å². The number of carbonyl (C=O) groups is 1. The molecule has 1 saturated carbocycles. The molecule has 4 heteroatoms. The first-order valence-corrected chi connectivity index (χ1v) is 6.53. The predicted octanol–water partition coefficient (Wildman–Crippen LogP) is 2.38. The molecule has 2 unspecified atom stereocenters. The van der Waals surface area contributed by atoms with Crippen molar-refractivity contribution < 1.29 is 15.0 Å². The first-order valence-electron chi connectivity index (χ1n) is 6.53. The molecular formula is C16H15NO3. The number of hydrogen-bond acceptors (Lipinski definition) is 3. The van der Waals surface area contributed by atoms with Gasteiger partial charge in [-0.05, 0) is 30.2 Å². The Labute approximate surface area is 116 Å². The third-order valence-electron chi connectivity index (χ3n) is 3.56. The Hall–Kier alpha value is -2.49. The van der Waals surface area contributed by atoms with Crippen LogP contribution in [-0.2, 0) is 0 Å². The van der Waals surface area contributed by atoms with Crippen LogP contribution in [0.4, 0.5) is 0 Å². The van der Waals surface area contributed by atoms with Gasteiger partial charge in [0.2, 0.25) is 0 Å². The molecule has 1 aliphatic rings. The lowest BCUT2D eigenvalue weighted by Crippen LogP contribution is -2.26. The highest BCUT2D eigenvalue weighted by atomic mass is 16.3. The second-order valence-electron chi connectivity index (χ2n) is 5.03. The van der Waals surface area contributed by atoms with Crippen molar-refractivity contribution in [2.24, 2.45) is 0 Å². The van der Waals surface area contributed by atoms with Gasteiger partial charge >= 0.3 is 0 Å². The number of nitrogens with one attached hydrogen (secondary N) is 1. The topological polar surface area (TPSA) is 69.6 Å². The smallest absolute Gasteiger partial charge is 0.255 e. The molecule has 1 aliphatic carbocycles. The van der Waals surface area contributed by atoms with Crippen molar-refractivity contribution in [2.75, 3.05) is 0 Å². The number of carbonyl (C=O) groups excluding carboxylic acids is 1. The summed E-state index contributed by atoms with van der Waals surface area (Å²) in [7, 11) is 0. The summed E-state index contributed by atoms with van der Waals surface area (Å²) in [6.45, 7) is 0. The van der Waals surface area contributed by atoms with E-state index in [1.165, 1.54) is 23.8 Å². The fraction of sp³-hybridized carbons (Fsp3) is 0.188. The first kappa shape index (κ1) is 12.5. The molecule has 1 amide bonds. The van der Waals surface area contributed by atoms with E-state index in [0.29, 0.717) is 5.92 Å². The molecule has 0 saturated heterocycles. The van der Waals surface area contributed by atoms with E-state index in [9.17, 15) is 15.0 Å². The van der Waals surface area contributed by atoms with Crippen molar-refractivity contribution in [2.45, 2.75) is 18.4 Å². The Kier molecular flexibility index (Phi) is 3.06. The van der Waals surface area contributed by atoms with Gasteiger partial charge in [-0.2, -0.15) is 0 Å². The van der Waals surface area contributed by atoms with Crippen LogP contribution in [0.1, 0.15) is 28.3 Å². The van der Waals surface area contributed by atoms with E-state index in [1.807, 2.05) is 30.3 Å². The highest BCUT2D eigenvalue weighted by Gasteiger charge is 2.39. The molecule has 3 rings (SSSR count). The molecule has 0 aliphatic heterocycles. The van der Waals surface area contributed by atoms with Crippen LogP contribution >= 0.6 is 0 Å². The van der Waals surface area contributed by atoms with Crippen molar-refractivity contribution >= 4 is 5.91 Å². The van der Waals surface area contributed by atoms with E-state index in [-0.39, 0.29) is 29.0 Å². The number of aromatic hydroxyl groups is 2. The third-order valence-corrected chi connectivity index (χ3v) is 3.56. The standard InChI is InChI=1S/C16H15NO3/c18-11-6-7-15(19)13(8-11)16(20)17-14-9-12(14)10-4-2-1-3-5-10/h1-8,12,14,18-19H,9H2,(H,17,20). The van der Waals surface area contributed by atoms with Gasteiger partial charge in [0.05, 0.1) is 5.56 Å². The Morgan fingerprint density at radius 3 is 2.60 bits per heavy atom. The van der Waals surface area contributed by atoms with E-state index in [0.717, 1.165) is 6.42 Å². The first-order chi connectivity index (χ1) is 9.65. The highest BCUT2D eigenvalue weighted by Crippen LogP contribution is 2.40. The summed E-state index contributed by atoms with van der Waals surface area (Å²) in [5.74, 6) is -0.193. The molecule has 0 aromatic heterocycles. The lowest BCUT2D eigenvalue weighted by Gasteiger charge is -2.07. The molecular weight excluding hydrogens is 254 g/mol. The van der Waals surface area contributed by atoms with Crippen molar-refractivity contribution in [1.29, 1.82) is 0 Å². The second-order valence-corrected chi connectivity index (χ2v) is 5.03. The van der Waals surface area contributed by atoms with E-state index in [4.69, 9.17) is 0 Å². The largest absolute Gasteiger partial charge is 0.508 e. The third kappa shape index (κ3) is 2.45. The fourth-order valence-corrected chi connectivity index (χ4v) is 2.38. The minimum Gasteiger partial charge on any atom is -0.508 e. The zero-order valence-electron chi connectivity index (χ0n) is 10.8. The normalized spacial score (nSPS) is 20.4. The zero-order chi connectivity index (χ0) is 14.1. The van der Waals surface area contributed by atoms with Gasteiger partial charge in [-0.3, -0.25) is 4.79 Å². The van der Waals surface area contributed by atoms with Crippen molar-refractivity contribution in [3.05, 3.63) is 59.7 Å². The van der Waals surface area contributed by atoms with Crippen LogP contribution in [0.5, 0.6) is 11.5 Å². The van der Waals surface area contributed by atoms with E-state index in [2.05, 4.69) is 5.32 Å². The van der Waals surface area contributed by atoms with Crippen molar-refractivity contribution in [1.82, 2.24) is 5.32 Å². The Balaban J connectivity index is 1.68. The number of benzene rings is 2. The average Bonchev–Trinajstić information content (AvgIpc) is 3.21. The number of phenolic OH excluding ortho intramolecular Hbond substituents is 2. The average molecular weight is 269 g/mol. The minimum absolute atomic E-state index is 0.0386. The van der Waals surface area contributed by atoms with Crippen LogP contribution in [0.2, 0.25) is 0 Å². The highest BCUT2D eigenvalue weighted by molar-refractivity contribution is 5.97. The lowest BCUT2D eigenvalue weighted by molar-refractivity contribution is 0.0947. The summed E-state index contributed by atoms with van der Waals surface area (Å²) in [5.41, 5.74) is 1.31. The molecule has 102 valence electrons. The molecule has 4 nitrogen and oxygen atoms in total.